The fraction of sp³-hybridized carbons (Fsp3) is 0.400. The summed E-state index contributed by atoms with van der Waals surface area (Å²) in [7, 11) is 1.91. The number of benzene rings is 2. The van der Waals surface area contributed by atoms with Gasteiger partial charge in [0.15, 0.2) is 0 Å². The highest BCUT2D eigenvalue weighted by Gasteiger charge is 2.27. The molecule has 0 fully saturated rings. The molecule has 1 aliphatic rings. The monoisotopic (exact) mass is 489 g/mol. The summed E-state index contributed by atoms with van der Waals surface area (Å²) < 4.78 is 0. The highest BCUT2D eigenvalue weighted by molar-refractivity contribution is 6.30. The Labute approximate surface area is 214 Å². The number of likely N-dealkylation sites (N-methyl/N-ethyl adjacent to an activating group) is 1. The number of rotatable bonds is 7. The van der Waals surface area contributed by atoms with Crippen molar-refractivity contribution in [3.63, 3.8) is 0 Å². The van der Waals surface area contributed by atoms with Crippen LogP contribution in [0.5, 0.6) is 0 Å². The van der Waals surface area contributed by atoms with Crippen LogP contribution in [0.15, 0.2) is 60.8 Å². The Morgan fingerprint density at radius 2 is 1.66 bits per heavy atom. The van der Waals surface area contributed by atoms with Crippen molar-refractivity contribution in [3.8, 4) is 11.1 Å². The summed E-state index contributed by atoms with van der Waals surface area (Å²) in [6.07, 6.45) is 4.62. The quantitative estimate of drug-likeness (QED) is 0.372. The molecule has 1 unspecified atom stereocenters. The summed E-state index contributed by atoms with van der Waals surface area (Å²) in [5.74, 6) is -0.0257. The number of halogens is 1. The zero-order chi connectivity index (χ0) is 25.1. The third kappa shape index (κ3) is 5.94. The van der Waals surface area contributed by atoms with Gasteiger partial charge in [-0.25, -0.2) is 0 Å². The van der Waals surface area contributed by atoms with E-state index in [0.717, 1.165) is 36.9 Å². The van der Waals surface area contributed by atoms with Crippen LogP contribution in [0.2, 0.25) is 5.02 Å². The van der Waals surface area contributed by atoms with Gasteiger partial charge in [-0.1, -0.05) is 48.0 Å². The maximum absolute atomic E-state index is 13.2. The molecular formula is C30H36ClN3O. The predicted molar refractivity (Wildman–Crippen MR) is 145 cm³/mol. The third-order valence-corrected chi connectivity index (χ3v) is 7.45. The van der Waals surface area contributed by atoms with Crippen molar-refractivity contribution in [2.75, 3.05) is 7.05 Å². The number of hydrogen-bond acceptors (Lipinski definition) is 3. The van der Waals surface area contributed by atoms with Crippen LogP contribution in [0.1, 0.15) is 61.3 Å². The zero-order valence-electron chi connectivity index (χ0n) is 21.5. The molecule has 1 aliphatic carbocycles. The molecule has 0 bridgehead atoms. The number of amides is 1. The number of carbonyl (C=O) groups is 1. The van der Waals surface area contributed by atoms with Gasteiger partial charge in [0, 0.05) is 48.5 Å². The first-order valence-corrected chi connectivity index (χ1v) is 13.0. The van der Waals surface area contributed by atoms with Gasteiger partial charge in [0.2, 0.25) is 0 Å². The van der Waals surface area contributed by atoms with Crippen molar-refractivity contribution < 1.29 is 4.79 Å². The van der Waals surface area contributed by atoms with Crippen LogP contribution >= 0.6 is 11.6 Å². The van der Waals surface area contributed by atoms with Gasteiger partial charge in [-0.2, -0.15) is 0 Å². The van der Waals surface area contributed by atoms with Gasteiger partial charge in [0.25, 0.3) is 5.91 Å². The summed E-state index contributed by atoms with van der Waals surface area (Å²) in [5, 5.41) is 0.702. The molecule has 35 heavy (non-hydrogen) atoms. The third-order valence-electron chi connectivity index (χ3n) is 7.19. The summed E-state index contributed by atoms with van der Waals surface area (Å²) in [5.41, 5.74) is 6.64. The molecule has 184 valence electrons. The Kier molecular flexibility index (Phi) is 7.93. The molecule has 0 radical (unpaired) electrons. The van der Waals surface area contributed by atoms with Gasteiger partial charge < -0.3 is 4.90 Å². The number of aromatic nitrogens is 1. The van der Waals surface area contributed by atoms with Crippen LogP contribution in [0, 0.1) is 0 Å². The van der Waals surface area contributed by atoms with E-state index >= 15 is 0 Å². The van der Waals surface area contributed by atoms with Gasteiger partial charge in [-0.05, 0) is 87.4 Å². The molecule has 3 aromatic rings. The molecule has 1 heterocycles. The first-order valence-electron chi connectivity index (χ1n) is 12.6. The average Bonchev–Trinajstić information content (AvgIpc) is 2.86. The van der Waals surface area contributed by atoms with E-state index in [1.165, 1.54) is 16.7 Å². The Bertz CT molecular complexity index is 1150. The maximum atomic E-state index is 13.2. The Morgan fingerprint density at radius 1 is 0.971 bits per heavy atom. The molecule has 1 atom stereocenters. The van der Waals surface area contributed by atoms with Crippen LogP contribution in [-0.4, -0.2) is 45.9 Å². The summed E-state index contributed by atoms with van der Waals surface area (Å²) in [6.45, 7) is 10.0. The summed E-state index contributed by atoms with van der Waals surface area (Å²) in [6, 6.07) is 19.5. The largest absolute Gasteiger partial charge is 0.337 e. The lowest BCUT2D eigenvalue weighted by molar-refractivity contribution is 0.0713. The second-order valence-electron chi connectivity index (χ2n) is 10.2. The van der Waals surface area contributed by atoms with Crippen LogP contribution in [0.25, 0.3) is 11.1 Å². The lowest BCUT2D eigenvalue weighted by Crippen LogP contribution is -2.41. The van der Waals surface area contributed by atoms with E-state index in [1.807, 2.05) is 48.3 Å². The van der Waals surface area contributed by atoms with E-state index in [9.17, 15) is 4.79 Å². The maximum Gasteiger partial charge on any atom is 0.272 e. The van der Waals surface area contributed by atoms with E-state index < -0.39 is 0 Å². The Morgan fingerprint density at radius 3 is 2.29 bits per heavy atom. The van der Waals surface area contributed by atoms with Crippen LogP contribution in [0.3, 0.4) is 0 Å². The fourth-order valence-electron chi connectivity index (χ4n) is 5.07. The molecule has 1 aromatic heterocycles. The summed E-state index contributed by atoms with van der Waals surface area (Å²) in [4.78, 5) is 22.1. The van der Waals surface area contributed by atoms with E-state index in [-0.39, 0.29) is 11.9 Å². The van der Waals surface area contributed by atoms with Gasteiger partial charge in [-0.15, -0.1) is 0 Å². The van der Waals surface area contributed by atoms with E-state index in [1.54, 1.807) is 6.20 Å². The van der Waals surface area contributed by atoms with Crippen molar-refractivity contribution in [1.29, 1.82) is 0 Å². The molecule has 1 amide bonds. The lowest BCUT2D eigenvalue weighted by atomic mass is 9.86. The topological polar surface area (TPSA) is 36.4 Å². The van der Waals surface area contributed by atoms with Crippen molar-refractivity contribution in [3.05, 3.63) is 88.2 Å². The molecule has 0 aliphatic heterocycles. The van der Waals surface area contributed by atoms with E-state index in [0.29, 0.717) is 22.8 Å². The average molecular weight is 490 g/mol. The lowest BCUT2D eigenvalue weighted by Gasteiger charge is -2.33. The first kappa shape index (κ1) is 25.4. The molecular weight excluding hydrogens is 454 g/mol. The van der Waals surface area contributed by atoms with E-state index in [4.69, 9.17) is 11.6 Å². The molecule has 0 saturated carbocycles. The van der Waals surface area contributed by atoms with Crippen LogP contribution < -0.4 is 0 Å². The number of carbonyl (C=O) groups excluding carboxylic acids is 1. The fourth-order valence-corrected chi connectivity index (χ4v) is 5.20. The van der Waals surface area contributed by atoms with Crippen LogP contribution in [0.4, 0.5) is 0 Å². The Hall–Kier alpha value is -2.69. The predicted octanol–water partition coefficient (Wildman–Crippen LogP) is 6.65. The molecule has 0 saturated heterocycles. The first-order chi connectivity index (χ1) is 16.7. The van der Waals surface area contributed by atoms with Gasteiger partial charge in [0.05, 0.1) is 0 Å². The zero-order valence-corrected chi connectivity index (χ0v) is 22.2. The normalized spacial score (nSPS) is 15.5. The molecule has 5 heteroatoms. The van der Waals surface area contributed by atoms with Crippen molar-refractivity contribution >= 4 is 17.5 Å². The van der Waals surface area contributed by atoms with Crippen molar-refractivity contribution in [1.82, 2.24) is 14.8 Å². The molecule has 4 rings (SSSR count). The van der Waals surface area contributed by atoms with Gasteiger partial charge in [0.1, 0.15) is 5.69 Å². The molecule has 0 N–H and O–H groups in total. The van der Waals surface area contributed by atoms with Crippen molar-refractivity contribution in [2.45, 2.75) is 71.6 Å². The number of pyridine rings is 1. The highest BCUT2D eigenvalue weighted by atomic mass is 35.5. The number of aryl methyl sites for hydroxylation is 1. The minimum Gasteiger partial charge on any atom is -0.337 e. The van der Waals surface area contributed by atoms with Crippen molar-refractivity contribution in [2.24, 2.45) is 0 Å². The highest BCUT2D eigenvalue weighted by Crippen LogP contribution is 2.27. The summed E-state index contributed by atoms with van der Waals surface area (Å²) >= 11 is 5.99. The second kappa shape index (κ2) is 10.9. The van der Waals surface area contributed by atoms with E-state index in [2.05, 4.69) is 55.8 Å². The number of fused-ring (bicyclic) bond motifs is 1. The minimum atomic E-state index is -0.0257. The molecule has 2 aromatic carbocycles. The van der Waals surface area contributed by atoms with Gasteiger partial charge >= 0.3 is 0 Å². The van der Waals surface area contributed by atoms with Crippen LogP contribution in [-0.2, 0) is 19.4 Å². The second-order valence-corrected chi connectivity index (χ2v) is 10.7. The minimum absolute atomic E-state index is 0.0257. The Balaban J connectivity index is 1.42. The molecule has 4 nitrogen and oxygen atoms in total. The number of nitrogens with zero attached hydrogens (tertiary/aromatic N) is 3. The number of hydrogen-bond donors (Lipinski definition) is 0. The van der Waals surface area contributed by atoms with Gasteiger partial charge in [-0.3, -0.25) is 14.7 Å². The smallest absolute Gasteiger partial charge is 0.272 e. The standard InChI is InChI=1S/C30H36ClN3O/c1-20(2)34(21(3)4)19-22-6-7-25-17-28(14-10-24(25)16-22)33(5)30(35)29-15-11-26(18-32-29)23-8-12-27(31)13-9-23/h6-9,11-13,15-16,18,20-21,28H,10,14,17,19H2,1-5H3. The SMILES string of the molecule is CC(C)N(Cc1ccc2c(c1)CCC(N(C)C(=O)c1ccc(-c3ccc(Cl)cc3)cn1)C2)C(C)C. The molecule has 0 spiro atoms.